The van der Waals surface area contributed by atoms with Crippen LogP contribution in [0.15, 0.2) is 0 Å². The van der Waals surface area contributed by atoms with Crippen LogP contribution < -0.4 is 11.6 Å². The fourth-order valence-corrected chi connectivity index (χ4v) is 0.0671. The highest BCUT2D eigenvalue weighted by Gasteiger charge is 2.04. The number of nitrogens with two attached hydrogens (primary N) is 2. The van der Waals surface area contributed by atoms with E-state index in [-0.39, 0.29) is 0 Å². The summed E-state index contributed by atoms with van der Waals surface area (Å²) in [6.45, 7) is 1.47. The van der Waals surface area contributed by atoms with Crippen molar-refractivity contribution >= 4 is 5.91 Å². The maximum Gasteiger partial charge on any atom is 0.248 e. The molecule has 1 amide bonds. The van der Waals surface area contributed by atoms with Crippen molar-refractivity contribution in [3.05, 3.63) is 0 Å². The molecule has 0 aromatic carbocycles. The van der Waals surface area contributed by atoms with Crippen molar-refractivity contribution < 1.29 is 9.63 Å². The van der Waals surface area contributed by atoms with Gasteiger partial charge in [0.2, 0.25) is 5.91 Å². The van der Waals surface area contributed by atoms with Crippen molar-refractivity contribution in [2.24, 2.45) is 11.6 Å². The number of rotatable bonds is 2. The Hall–Kier alpha value is -0.610. The molecule has 0 aliphatic rings. The highest BCUT2D eigenvalue weighted by molar-refractivity contribution is 5.78. The molecule has 0 aliphatic carbocycles. The molecule has 0 rings (SSSR count). The molecular formula is C3H8N2O2. The Bertz CT molecular complexity index is 73.3. The van der Waals surface area contributed by atoms with E-state index in [1.54, 1.807) is 0 Å². The lowest BCUT2D eigenvalue weighted by Crippen LogP contribution is -2.30. The van der Waals surface area contributed by atoms with Crippen LogP contribution in [0.4, 0.5) is 0 Å². The molecule has 4 nitrogen and oxygen atoms in total. The highest BCUT2D eigenvalue weighted by Crippen LogP contribution is 1.78. The molecule has 1 atom stereocenters. The summed E-state index contributed by atoms with van der Waals surface area (Å²) in [4.78, 5) is 14.0. The van der Waals surface area contributed by atoms with Crippen molar-refractivity contribution in [2.75, 3.05) is 0 Å². The minimum atomic E-state index is -0.681. The number of hydrogen-bond donors (Lipinski definition) is 2. The summed E-state index contributed by atoms with van der Waals surface area (Å²) >= 11 is 0. The van der Waals surface area contributed by atoms with Gasteiger partial charge in [-0.05, 0) is 6.92 Å². The molecule has 0 saturated carbocycles. The summed E-state index contributed by atoms with van der Waals surface area (Å²) in [7, 11) is 0. The van der Waals surface area contributed by atoms with Gasteiger partial charge in [-0.1, -0.05) is 0 Å². The van der Waals surface area contributed by atoms with Gasteiger partial charge in [0, 0.05) is 0 Å². The molecule has 0 aromatic heterocycles. The number of carbonyl (C=O) groups is 1. The van der Waals surface area contributed by atoms with Crippen molar-refractivity contribution in [1.29, 1.82) is 0 Å². The van der Waals surface area contributed by atoms with Gasteiger partial charge in [0.15, 0.2) is 6.10 Å². The fourth-order valence-electron chi connectivity index (χ4n) is 0.0671. The first kappa shape index (κ1) is 6.39. The topological polar surface area (TPSA) is 78.3 Å². The van der Waals surface area contributed by atoms with Crippen molar-refractivity contribution in [3.63, 3.8) is 0 Å². The lowest BCUT2D eigenvalue weighted by molar-refractivity contribution is -0.128. The Labute approximate surface area is 41.4 Å². The van der Waals surface area contributed by atoms with E-state index < -0.39 is 12.0 Å². The first-order chi connectivity index (χ1) is 3.18. The largest absolute Gasteiger partial charge is 0.367 e. The molecule has 0 bridgehead atoms. The third kappa shape index (κ3) is 2.13. The second-order valence-corrected chi connectivity index (χ2v) is 1.18. The van der Waals surface area contributed by atoms with Gasteiger partial charge in [-0.2, -0.15) is 0 Å². The van der Waals surface area contributed by atoms with Crippen LogP contribution in [0, 0.1) is 0 Å². The van der Waals surface area contributed by atoms with Crippen LogP contribution >= 0.6 is 0 Å². The Morgan fingerprint density at radius 1 is 1.86 bits per heavy atom. The number of carbonyl (C=O) groups excluding carboxylic acids is 1. The van der Waals surface area contributed by atoms with Crippen LogP contribution in [0.3, 0.4) is 0 Å². The van der Waals surface area contributed by atoms with E-state index in [4.69, 9.17) is 5.73 Å². The smallest absolute Gasteiger partial charge is 0.248 e. The predicted molar refractivity (Wildman–Crippen MR) is 23.9 cm³/mol. The second kappa shape index (κ2) is 2.54. The molecular weight excluding hydrogens is 96.0 g/mol. The Balaban J connectivity index is 3.34. The van der Waals surface area contributed by atoms with E-state index >= 15 is 0 Å². The zero-order chi connectivity index (χ0) is 5.86. The standard InChI is InChI=1S/C3H8N2O2/c1-2(7-5)3(4)6/h2H,5H2,1H3,(H2,4,6). The maximum absolute atomic E-state index is 9.95. The van der Waals surface area contributed by atoms with E-state index in [0.29, 0.717) is 0 Å². The Morgan fingerprint density at radius 2 is 2.29 bits per heavy atom. The van der Waals surface area contributed by atoms with Gasteiger partial charge in [0.05, 0.1) is 0 Å². The number of amides is 1. The normalized spacial score (nSPS) is 13.4. The minimum absolute atomic E-state index is 0.553. The minimum Gasteiger partial charge on any atom is -0.367 e. The summed E-state index contributed by atoms with van der Waals surface area (Å²) in [5.41, 5.74) is 4.70. The molecule has 0 fully saturated rings. The van der Waals surface area contributed by atoms with Gasteiger partial charge in [-0.15, -0.1) is 0 Å². The van der Waals surface area contributed by atoms with Gasteiger partial charge in [-0.3, -0.25) is 9.63 Å². The van der Waals surface area contributed by atoms with Gasteiger partial charge < -0.3 is 5.73 Å². The van der Waals surface area contributed by atoms with Crippen LogP contribution in [0.25, 0.3) is 0 Å². The summed E-state index contributed by atoms with van der Waals surface area (Å²) in [5.74, 6) is 4.02. The van der Waals surface area contributed by atoms with Crippen LogP contribution in [-0.2, 0) is 9.63 Å². The van der Waals surface area contributed by atoms with Gasteiger partial charge >= 0.3 is 0 Å². The first-order valence-corrected chi connectivity index (χ1v) is 1.83. The lowest BCUT2D eigenvalue weighted by Gasteiger charge is -1.99. The number of hydrogen-bond acceptors (Lipinski definition) is 3. The first-order valence-electron chi connectivity index (χ1n) is 1.83. The molecule has 0 heterocycles. The fraction of sp³-hybridized carbons (Fsp3) is 0.667. The quantitative estimate of drug-likeness (QED) is 0.430. The van der Waals surface area contributed by atoms with Crippen LogP contribution in [0.5, 0.6) is 0 Å². The van der Waals surface area contributed by atoms with Crippen LogP contribution in [0.2, 0.25) is 0 Å². The molecule has 0 spiro atoms. The zero-order valence-corrected chi connectivity index (χ0v) is 4.05. The van der Waals surface area contributed by atoms with Crippen molar-refractivity contribution in [1.82, 2.24) is 0 Å². The summed E-state index contributed by atoms with van der Waals surface area (Å²) < 4.78 is 0. The molecule has 0 aliphatic heterocycles. The Kier molecular flexibility index (Phi) is 2.32. The van der Waals surface area contributed by atoms with Crippen LogP contribution in [-0.4, -0.2) is 12.0 Å². The van der Waals surface area contributed by atoms with Crippen molar-refractivity contribution in [3.8, 4) is 0 Å². The van der Waals surface area contributed by atoms with Gasteiger partial charge in [-0.25, -0.2) is 5.90 Å². The second-order valence-electron chi connectivity index (χ2n) is 1.18. The van der Waals surface area contributed by atoms with E-state index in [1.807, 2.05) is 0 Å². The maximum atomic E-state index is 9.95. The monoisotopic (exact) mass is 104 g/mol. The molecule has 1 unspecified atom stereocenters. The van der Waals surface area contributed by atoms with Crippen molar-refractivity contribution in [2.45, 2.75) is 13.0 Å². The molecule has 4 N–H and O–H groups in total. The number of primary amides is 1. The molecule has 7 heavy (non-hydrogen) atoms. The van der Waals surface area contributed by atoms with Gasteiger partial charge in [0.1, 0.15) is 0 Å². The third-order valence-corrected chi connectivity index (χ3v) is 0.605. The summed E-state index contributed by atoms with van der Waals surface area (Å²) in [6.07, 6.45) is -0.681. The lowest BCUT2D eigenvalue weighted by atomic mass is 10.4. The predicted octanol–water partition coefficient (Wildman–Crippen LogP) is -1.25. The third-order valence-electron chi connectivity index (χ3n) is 0.605. The highest BCUT2D eigenvalue weighted by atomic mass is 16.6. The SMILES string of the molecule is CC(ON)C(N)=O. The average molecular weight is 104 g/mol. The summed E-state index contributed by atoms with van der Waals surface area (Å²) in [5, 5.41) is 0. The molecule has 0 saturated heterocycles. The van der Waals surface area contributed by atoms with E-state index in [0.717, 1.165) is 0 Å². The molecule has 42 valence electrons. The van der Waals surface area contributed by atoms with E-state index in [9.17, 15) is 4.79 Å². The Morgan fingerprint density at radius 3 is 2.29 bits per heavy atom. The molecule has 0 aromatic rings. The van der Waals surface area contributed by atoms with E-state index in [1.165, 1.54) is 6.92 Å². The van der Waals surface area contributed by atoms with E-state index in [2.05, 4.69) is 10.7 Å². The molecule has 0 radical (unpaired) electrons. The van der Waals surface area contributed by atoms with Crippen LogP contribution in [0.1, 0.15) is 6.92 Å². The summed E-state index contributed by atoms with van der Waals surface area (Å²) in [6, 6.07) is 0. The molecule has 4 heteroatoms. The van der Waals surface area contributed by atoms with Gasteiger partial charge in [0.25, 0.3) is 0 Å². The zero-order valence-electron chi connectivity index (χ0n) is 4.05. The average Bonchev–Trinajstić information content (AvgIpc) is 1.65.